The summed E-state index contributed by atoms with van der Waals surface area (Å²) in [4.78, 5) is 26.9. The molecule has 2 N–H and O–H groups in total. The van der Waals surface area contributed by atoms with E-state index in [9.17, 15) is 9.59 Å². The number of nitrogens with one attached hydrogen (secondary N) is 1. The number of nitrogens with zero attached hydrogens (tertiary/aromatic N) is 2. The number of carboxylic acid groups (broad SMARTS) is 1. The van der Waals surface area contributed by atoms with Gasteiger partial charge in [0.1, 0.15) is 0 Å². The molecule has 0 atom stereocenters. The second-order valence-electron chi connectivity index (χ2n) is 3.99. The molecule has 6 nitrogen and oxygen atoms in total. The normalized spacial score (nSPS) is 10.3. The van der Waals surface area contributed by atoms with Crippen molar-refractivity contribution in [2.75, 3.05) is 5.32 Å². The number of aromatic nitrogens is 2. The topological polar surface area (TPSA) is 84.2 Å². The Bertz CT molecular complexity index is 712. The van der Waals surface area contributed by atoms with Crippen molar-refractivity contribution in [2.24, 2.45) is 0 Å². The van der Waals surface area contributed by atoms with Crippen LogP contribution in [0.15, 0.2) is 35.4 Å². The van der Waals surface area contributed by atoms with Gasteiger partial charge in [-0.05, 0) is 25.1 Å². The van der Waals surface area contributed by atoms with Crippen LogP contribution in [0.25, 0.3) is 0 Å². The number of halogens is 1. The Hall–Kier alpha value is -2.34. The first kappa shape index (κ1) is 14.1. The Labute approximate surface area is 119 Å². The zero-order chi connectivity index (χ0) is 14.7. The largest absolute Gasteiger partial charge is 0.478 e. The summed E-state index contributed by atoms with van der Waals surface area (Å²) in [6, 6.07) is 4.39. The fraction of sp³-hybridized carbons (Fsp3) is 0.154. The lowest BCUT2D eigenvalue weighted by Gasteiger charge is -2.08. The molecular weight excluding hydrogens is 282 g/mol. The van der Waals surface area contributed by atoms with E-state index in [1.54, 1.807) is 12.3 Å². The van der Waals surface area contributed by atoms with Crippen molar-refractivity contribution >= 4 is 29.1 Å². The van der Waals surface area contributed by atoms with Gasteiger partial charge in [-0.3, -0.25) is 4.79 Å². The highest BCUT2D eigenvalue weighted by atomic mass is 35.5. The SMILES string of the molecule is CCn1ccnc(Nc2ccc(Cl)c(C(=O)O)c2)c1=O. The van der Waals surface area contributed by atoms with Crippen LogP contribution in [-0.4, -0.2) is 20.6 Å². The molecule has 0 spiro atoms. The summed E-state index contributed by atoms with van der Waals surface area (Å²) in [6.07, 6.45) is 3.08. The zero-order valence-electron chi connectivity index (χ0n) is 10.6. The standard InChI is InChI=1S/C13H12ClN3O3/c1-2-17-6-5-15-11(12(17)18)16-8-3-4-10(14)9(7-8)13(19)20/h3-7H,2H2,1H3,(H,15,16)(H,19,20). The van der Waals surface area contributed by atoms with E-state index in [1.807, 2.05) is 6.92 Å². The average Bonchev–Trinajstić information content (AvgIpc) is 2.43. The molecule has 0 radical (unpaired) electrons. The minimum Gasteiger partial charge on any atom is -0.478 e. The number of carbonyl (C=O) groups is 1. The third-order valence-corrected chi connectivity index (χ3v) is 3.04. The summed E-state index contributed by atoms with van der Waals surface area (Å²) in [5.74, 6) is -1.00. The molecule has 0 amide bonds. The Kier molecular flexibility index (Phi) is 4.05. The number of carboxylic acids is 1. The number of aryl methyl sites for hydroxylation is 1. The molecular formula is C13H12ClN3O3. The maximum absolute atomic E-state index is 12.0. The van der Waals surface area contributed by atoms with Crippen LogP contribution >= 0.6 is 11.6 Å². The lowest BCUT2D eigenvalue weighted by atomic mass is 10.2. The zero-order valence-corrected chi connectivity index (χ0v) is 11.4. The molecule has 0 saturated heterocycles. The molecule has 1 aromatic heterocycles. The van der Waals surface area contributed by atoms with Crippen molar-refractivity contribution in [1.82, 2.24) is 9.55 Å². The van der Waals surface area contributed by atoms with Crippen molar-refractivity contribution in [3.05, 3.63) is 51.5 Å². The summed E-state index contributed by atoms with van der Waals surface area (Å²) in [5.41, 5.74) is 0.121. The van der Waals surface area contributed by atoms with E-state index in [0.717, 1.165) is 0 Å². The predicted molar refractivity (Wildman–Crippen MR) is 75.9 cm³/mol. The first-order valence-electron chi connectivity index (χ1n) is 5.88. The molecule has 1 heterocycles. The minimum absolute atomic E-state index is 0.0385. The smallest absolute Gasteiger partial charge is 0.337 e. The van der Waals surface area contributed by atoms with Crippen molar-refractivity contribution < 1.29 is 9.90 Å². The summed E-state index contributed by atoms with van der Waals surface area (Å²) in [7, 11) is 0. The van der Waals surface area contributed by atoms with E-state index in [-0.39, 0.29) is 22.0 Å². The maximum atomic E-state index is 12.0. The average molecular weight is 294 g/mol. The van der Waals surface area contributed by atoms with Gasteiger partial charge in [0.25, 0.3) is 5.56 Å². The van der Waals surface area contributed by atoms with E-state index in [2.05, 4.69) is 10.3 Å². The van der Waals surface area contributed by atoms with E-state index >= 15 is 0 Å². The number of hydrogen-bond donors (Lipinski definition) is 2. The summed E-state index contributed by atoms with van der Waals surface area (Å²) in [5, 5.41) is 11.9. The molecule has 7 heteroatoms. The predicted octanol–water partition coefficient (Wildman–Crippen LogP) is 2.36. The monoisotopic (exact) mass is 293 g/mol. The second-order valence-corrected chi connectivity index (χ2v) is 4.40. The van der Waals surface area contributed by atoms with Gasteiger partial charge in [0.15, 0.2) is 5.82 Å². The van der Waals surface area contributed by atoms with Crippen LogP contribution in [-0.2, 0) is 6.54 Å². The van der Waals surface area contributed by atoms with Crippen molar-refractivity contribution in [3.8, 4) is 0 Å². The number of hydrogen-bond acceptors (Lipinski definition) is 4. The highest BCUT2D eigenvalue weighted by Gasteiger charge is 2.11. The minimum atomic E-state index is -1.13. The van der Waals surface area contributed by atoms with Crippen molar-refractivity contribution in [1.29, 1.82) is 0 Å². The van der Waals surface area contributed by atoms with E-state index < -0.39 is 5.97 Å². The molecule has 0 aliphatic rings. The van der Waals surface area contributed by atoms with E-state index in [0.29, 0.717) is 12.2 Å². The molecule has 104 valence electrons. The van der Waals surface area contributed by atoms with Gasteiger partial charge < -0.3 is 15.0 Å². The fourth-order valence-corrected chi connectivity index (χ4v) is 1.88. The lowest BCUT2D eigenvalue weighted by Crippen LogP contribution is -2.22. The quantitative estimate of drug-likeness (QED) is 0.904. The van der Waals surface area contributed by atoms with Gasteiger partial charge in [0.05, 0.1) is 10.6 Å². The highest BCUT2D eigenvalue weighted by molar-refractivity contribution is 6.33. The second kappa shape index (κ2) is 5.75. The van der Waals surface area contributed by atoms with Gasteiger partial charge in [-0.1, -0.05) is 11.6 Å². The molecule has 0 aliphatic heterocycles. The van der Waals surface area contributed by atoms with Crippen LogP contribution in [0.5, 0.6) is 0 Å². The molecule has 0 unspecified atom stereocenters. The molecule has 2 rings (SSSR count). The van der Waals surface area contributed by atoms with Crippen LogP contribution in [0.4, 0.5) is 11.5 Å². The van der Waals surface area contributed by atoms with Crippen LogP contribution in [0.3, 0.4) is 0 Å². The molecule has 20 heavy (non-hydrogen) atoms. The number of rotatable bonds is 4. The first-order valence-corrected chi connectivity index (χ1v) is 6.26. The van der Waals surface area contributed by atoms with Gasteiger partial charge in [-0.15, -0.1) is 0 Å². The number of benzene rings is 1. The summed E-state index contributed by atoms with van der Waals surface area (Å²) >= 11 is 5.78. The molecule has 0 fully saturated rings. The highest BCUT2D eigenvalue weighted by Crippen LogP contribution is 2.21. The van der Waals surface area contributed by atoms with Crippen LogP contribution < -0.4 is 10.9 Å². The Balaban J connectivity index is 2.38. The maximum Gasteiger partial charge on any atom is 0.337 e. The van der Waals surface area contributed by atoms with Crippen LogP contribution in [0.1, 0.15) is 17.3 Å². The lowest BCUT2D eigenvalue weighted by molar-refractivity contribution is 0.0697. The van der Waals surface area contributed by atoms with E-state index in [4.69, 9.17) is 16.7 Å². The third-order valence-electron chi connectivity index (χ3n) is 2.71. The van der Waals surface area contributed by atoms with E-state index in [1.165, 1.54) is 22.9 Å². The molecule has 0 aliphatic carbocycles. The Morgan fingerprint density at radius 2 is 2.25 bits per heavy atom. The van der Waals surface area contributed by atoms with Crippen LogP contribution in [0.2, 0.25) is 5.02 Å². The molecule has 0 saturated carbocycles. The Morgan fingerprint density at radius 3 is 2.90 bits per heavy atom. The third kappa shape index (κ3) is 2.80. The fourth-order valence-electron chi connectivity index (χ4n) is 1.69. The number of aromatic carboxylic acids is 1. The van der Waals surface area contributed by atoms with Gasteiger partial charge in [-0.2, -0.15) is 0 Å². The van der Waals surface area contributed by atoms with Crippen molar-refractivity contribution in [3.63, 3.8) is 0 Å². The molecule has 2 aromatic rings. The molecule has 1 aromatic carbocycles. The van der Waals surface area contributed by atoms with Crippen LogP contribution in [0, 0.1) is 0 Å². The van der Waals surface area contributed by atoms with Gasteiger partial charge in [0.2, 0.25) is 0 Å². The van der Waals surface area contributed by atoms with Crippen molar-refractivity contribution in [2.45, 2.75) is 13.5 Å². The van der Waals surface area contributed by atoms with Gasteiger partial charge >= 0.3 is 5.97 Å². The van der Waals surface area contributed by atoms with Gasteiger partial charge in [0, 0.05) is 24.6 Å². The summed E-state index contributed by atoms with van der Waals surface area (Å²) in [6.45, 7) is 2.37. The Morgan fingerprint density at radius 1 is 1.50 bits per heavy atom. The summed E-state index contributed by atoms with van der Waals surface area (Å²) < 4.78 is 1.49. The van der Waals surface area contributed by atoms with Gasteiger partial charge in [-0.25, -0.2) is 9.78 Å². The number of anilines is 2. The molecule has 0 bridgehead atoms. The first-order chi connectivity index (χ1) is 9.52.